The van der Waals surface area contributed by atoms with Crippen LogP contribution in [0, 0.1) is 6.92 Å². The molecule has 156 valence electrons. The van der Waals surface area contributed by atoms with Gasteiger partial charge in [-0.1, -0.05) is 17.7 Å². The summed E-state index contributed by atoms with van der Waals surface area (Å²) >= 11 is 7.61. The van der Waals surface area contributed by atoms with Gasteiger partial charge in [0.15, 0.2) is 11.4 Å². The lowest BCUT2D eigenvalue weighted by Crippen LogP contribution is -2.14. The first kappa shape index (κ1) is 20.7. The highest BCUT2D eigenvalue weighted by molar-refractivity contribution is 7.93. The van der Waals surface area contributed by atoms with Crippen LogP contribution in [0.15, 0.2) is 58.9 Å². The van der Waals surface area contributed by atoms with Crippen molar-refractivity contribution in [1.82, 2.24) is 9.55 Å². The second kappa shape index (κ2) is 7.92. The molecule has 1 unspecified atom stereocenters. The summed E-state index contributed by atoms with van der Waals surface area (Å²) in [7, 11) is -1.87. The first-order valence-corrected chi connectivity index (χ1v) is 11.7. The van der Waals surface area contributed by atoms with Gasteiger partial charge in [-0.15, -0.1) is 11.3 Å². The fourth-order valence-electron chi connectivity index (χ4n) is 3.18. The molecule has 2 heterocycles. The van der Waals surface area contributed by atoms with Crippen molar-refractivity contribution in [2.24, 2.45) is 7.05 Å². The second-order valence-corrected chi connectivity index (χ2v) is 9.73. The van der Waals surface area contributed by atoms with Crippen LogP contribution < -0.4 is 10.0 Å². The molecule has 4 aromatic rings. The maximum Gasteiger partial charge on any atom is 0.263 e. The molecule has 0 aliphatic rings. The van der Waals surface area contributed by atoms with Crippen LogP contribution in [-0.4, -0.2) is 23.1 Å². The number of nitrogens with zero attached hydrogens (tertiary/aromatic N) is 2. The fourth-order valence-corrected chi connectivity index (χ4v) is 5.18. The van der Waals surface area contributed by atoms with Gasteiger partial charge in [0.25, 0.3) is 10.0 Å². The van der Waals surface area contributed by atoms with E-state index in [0.29, 0.717) is 21.5 Å². The van der Waals surface area contributed by atoms with E-state index in [-0.39, 0.29) is 4.90 Å². The molecular weight excluding hydrogens is 444 g/mol. The monoisotopic (exact) mass is 462 g/mol. The van der Waals surface area contributed by atoms with E-state index in [1.807, 2.05) is 36.7 Å². The van der Waals surface area contributed by atoms with E-state index in [1.165, 1.54) is 29.7 Å². The Morgan fingerprint density at radius 2 is 1.93 bits per heavy atom. The molecule has 0 aliphatic heterocycles. The van der Waals surface area contributed by atoms with E-state index < -0.39 is 16.3 Å². The van der Waals surface area contributed by atoms with Crippen LogP contribution >= 0.6 is 22.9 Å². The van der Waals surface area contributed by atoms with Gasteiger partial charge in [0.1, 0.15) is 0 Å². The third-order valence-corrected chi connectivity index (χ3v) is 7.47. The Labute approximate surface area is 183 Å². The molecule has 0 saturated heterocycles. The van der Waals surface area contributed by atoms with Crippen molar-refractivity contribution in [2.75, 3.05) is 10.0 Å². The van der Waals surface area contributed by atoms with E-state index in [9.17, 15) is 13.5 Å². The number of thiazole rings is 1. The molecule has 3 N–H and O–H groups in total. The zero-order chi connectivity index (χ0) is 21.5. The van der Waals surface area contributed by atoms with Crippen LogP contribution in [0.4, 0.5) is 10.8 Å². The summed E-state index contributed by atoms with van der Waals surface area (Å²) in [6.45, 7) is 1.93. The number of nitrogens with one attached hydrogen (secondary N) is 2. The van der Waals surface area contributed by atoms with Gasteiger partial charge in [-0.3, -0.25) is 4.72 Å². The first-order valence-electron chi connectivity index (χ1n) is 8.97. The van der Waals surface area contributed by atoms with Gasteiger partial charge in [-0.2, -0.15) is 0 Å². The van der Waals surface area contributed by atoms with Gasteiger partial charge in [0.05, 0.1) is 15.6 Å². The predicted molar refractivity (Wildman–Crippen MR) is 121 cm³/mol. The summed E-state index contributed by atoms with van der Waals surface area (Å²) in [5, 5.41) is 17.2. The zero-order valence-corrected chi connectivity index (χ0v) is 18.5. The Hall–Kier alpha value is -2.59. The minimum absolute atomic E-state index is 0.101. The first-order chi connectivity index (χ1) is 14.3. The molecule has 7 nitrogen and oxygen atoms in total. The standard InChI is InChI=1S/C20H19ClN4O3S2/c1-12-3-8-16-15(18(12)21)11-17(25(16)2)19(26)23-13-4-6-14(7-5-13)30(27,28)24-20-22-9-10-29-20/h3-11,19,23,26H,1-2H3,(H,22,24). The van der Waals surface area contributed by atoms with Crippen molar-refractivity contribution < 1.29 is 13.5 Å². The number of aromatic nitrogens is 2. The van der Waals surface area contributed by atoms with E-state index >= 15 is 0 Å². The number of fused-ring (bicyclic) bond motifs is 1. The molecule has 1 atom stereocenters. The molecule has 0 amide bonds. The maximum atomic E-state index is 12.4. The number of hydrogen-bond donors (Lipinski definition) is 3. The highest BCUT2D eigenvalue weighted by Crippen LogP contribution is 2.32. The number of aliphatic hydroxyl groups is 1. The number of aryl methyl sites for hydroxylation is 2. The van der Waals surface area contributed by atoms with Gasteiger partial charge in [-0.25, -0.2) is 13.4 Å². The van der Waals surface area contributed by atoms with Crippen LogP contribution in [0.1, 0.15) is 17.5 Å². The smallest absolute Gasteiger partial charge is 0.263 e. The molecule has 0 saturated carbocycles. The Morgan fingerprint density at radius 1 is 1.20 bits per heavy atom. The number of rotatable bonds is 6. The van der Waals surface area contributed by atoms with Crippen LogP contribution in [0.2, 0.25) is 5.02 Å². The van der Waals surface area contributed by atoms with Crippen LogP contribution in [0.5, 0.6) is 0 Å². The molecule has 0 aliphatic carbocycles. The predicted octanol–water partition coefficient (Wildman–Crippen LogP) is 4.50. The molecule has 0 fully saturated rings. The maximum absolute atomic E-state index is 12.4. The second-order valence-electron chi connectivity index (χ2n) is 6.77. The van der Waals surface area contributed by atoms with Crippen LogP contribution in [0.3, 0.4) is 0 Å². The normalized spacial score (nSPS) is 12.8. The van der Waals surface area contributed by atoms with Crippen LogP contribution in [-0.2, 0) is 17.1 Å². The number of sulfonamides is 1. The van der Waals surface area contributed by atoms with Crippen molar-refractivity contribution in [3.63, 3.8) is 0 Å². The molecule has 2 aromatic heterocycles. The van der Waals surface area contributed by atoms with Gasteiger partial charge in [0.2, 0.25) is 0 Å². The van der Waals surface area contributed by atoms with E-state index in [2.05, 4.69) is 15.0 Å². The molecular formula is C20H19ClN4O3S2. The minimum atomic E-state index is -3.72. The largest absolute Gasteiger partial charge is 0.368 e. The number of anilines is 2. The summed E-state index contributed by atoms with van der Waals surface area (Å²) in [5.74, 6) is 0. The molecule has 2 aromatic carbocycles. The summed E-state index contributed by atoms with van der Waals surface area (Å²) in [6.07, 6.45) is 0.521. The molecule has 10 heteroatoms. The Bertz CT molecular complexity index is 1300. The van der Waals surface area contributed by atoms with Crippen molar-refractivity contribution >= 4 is 54.7 Å². The van der Waals surface area contributed by atoms with Gasteiger partial charge < -0.3 is 15.0 Å². The fraction of sp³-hybridized carbons (Fsp3) is 0.150. The summed E-state index contributed by atoms with van der Waals surface area (Å²) in [4.78, 5) is 4.03. The van der Waals surface area contributed by atoms with Gasteiger partial charge in [0, 0.05) is 35.2 Å². The lowest BCUT2D eigenvalue weighted by Gasteiger charge is -2.16. The van der Waals surface area contributed by atoms with E-state index in [1.54, 1.807) is 17.5 Å². The summed E-state index contributed by atoms with van der Waals surface area (Å²) in [5.41, 5.74) is 3.09. The highest BCUT2D eigenvalue weighted by atomic mass is 35.5. The van der Waals surface area contributed by atoms with E-state index in [0.717, 1.165) is 16.5 Å². The lowest BCUT2D eigenvalue weighted by atomic mass is 10.2. The van der Waals surface area contributed by atoms with E-state index in [4.69, 9.17) is 11.6 Å². The van der Waals surface area contributed by atoms with Crippen molar-refractivity contribution in [1.29, 1.82) is 0 Å². The number of hydrogen-bond acceptors (Lipinski definition) is 6. The summed E-state index contributed by atoms with van der Waals surface area (Å²) < 4.78 is 29.2. The summed E-state index contributed by atoms with van der Waals surface area (Å²) in [6, 6.07) is 11.9. The zero-order valence-electron chi connectivity index (χ0n) is 16.1. The Balaban J connectivity index is 1.54. The number of halogens is 1. The number of benzene rings is 2. The third-order valence-electron chi connectivity index (χ3n) is 4.79. The van der Waals surface area contributed by atoms with Crippen molar-refractivity contribution in [3.8, 4) is 0 Å². The SMILES string of the molecule is Cc1ccc2c(cc(C(O)Nc3ccc(S(=O)(=O)Nc4nccs4)cc3)n2C)c1Cl. The Morgan fingerprint density at radius 3 is 2.60 bits per heavy atom. The molecule has 0 spiro atoms. The average Bonchev–Trinajstić information content (AvgIpc) is 3.33. The lowest BCUT2D eigenvalue weighted by molar-refractivity contribution is 0.200. The van der Waals surface area contributed by atoms with Gasteiger partial charge >= 0.3 is 0 Å². The molecule has 0 radical (unpaired) electrons. The van der Waals surface area contributed by atoms with Crippen molar-refractivity contribution in [3.05, 3.63) is 70.3 Å². The highest BCUT2D eigenvalue weighted by Gasteiger charge is 2.18. The molecule has 0 bridgehead atoms. The minimum Gasteiger partial charge on any atom is -0.368 e. The van der Waals surface area contributed by atoms with Crippen LogP contribution in [0.25, 0.3) is 10.9 Å². The topological polar surface area (TPSA) is 96.2 Å². The van der Waals surface area contributed by atoms with Crippen molar-refractivity contribution in [2.45, 2.75) is 18.0 Å². The van der Waals surface area contributed by atoms with Gasteiger partial charge in [-0.05, 0) is 48.9 Å². The number of aliphatic hydroxyl groups excluding tert-OH is 1. The quantitative estimate of drug-likeness (QED) is 0.366. The third kappa shape index (κ3) is 3.89. The molecule has 4 rings (SSSR count). The Kier molecular flexibility index (Phi) is 5.46. The molecule has 30 heavy (non-hydrogen) atoms. The average molecular weight is 463 g/mol.